The van der Waals surface area contributed by atoms with Crippen LogP contribution >= 0.6 is 0 Å². The first-order valence-electron chi connectivity index (χ1n) is 8.21. The molecular weight excluding hydrogens is 336 g/mol. The van der Waals surface area contributed by atoms with E-state index < -0.39 is 0 Å². The van der Waals surface area contributed by atoms with Crippen molar-refractivity contribution < 1.29 is 18.5 Å². The summed E-state index contributed by atoms with van der Waals surface area (Å²) in [5, 5.41) is 3.84. The van der Waals surface area contributed by atoms with Crippen molar-refractivity contribution in [2.24, 2.45) is 0 Å². The molecule has 1 aliphatic heterocycles. The maximum Gasteiger partial charge on any atom is 0.276 e. The van der Waals surface area contributed by atoms with Crippen LogP contribution in [0.25, 0.3) is 11.5 Å². The average molecular weight is 352 g/mol. The van der Waals surface area contributed by atoms with Crippen molar-refractivity contribution in [1.29, 1.82) is 0 Å². The van der Waals surface area contributed by atoms with E-state index in [1.54, 1.807) is 52.5 Å². The molecule has 8 heteroatoms. The zero-order chi connectivity index (χ0) is 17.9. The molecule has 1 saturated heterocycles. The number of hydrogen-bond acceptors (Lipinski definition) is 6. The number of hydrogen-bond donors (Lipinski definition) is 0. The average Bonchev–Trinajstić information content (AvgIpc) is 3.39. The normalized spacial score (nSPS) is 14.5. The number of carbonyl (C=O) groups is 2. The molecule has 1 aliphatic rings. The monoisotopic (exact) mass is 352 g/mol. The molecule has 0 aromatic carbocycles. The van der Waals surface area contributed by atoms with Gasteiger partial charge in [0.2, 0.25) is 5.76 Å². The predicted molar refractivity (Wildman–Crippen MR) is 90.2 cm³/mol. The van der Waals surface area contributed by atoms with E-state index >= 15 is 0 Å². The maximum absolute atomic E-state index is 12.6. The molecule has 1 fully saturated rings. The summed E-state index contributed by atoms with van der Waals surface area (Å²) in [7, 11) is 0. The second-order valence-corrected chi connectivity index (χ2v) is 5.87. The molecule has 0 bridgehead atoms. The Labute approximate surface area is 149 Å². The summed E-state index contributed by atoms with van der Waals surface area (Å²) in [4.78, 5) is 32.3. The molecule has 132 valence electrons. The van der Waals surface area contributed by atoms with Gasteiger partial charge in [-0.1, -0.05) is 5.16 Å². The SMILES string of the molecule is O=C(c1ccncc1)N1CCN(C(=O)c2cc(-c3ccco3)on2)CC1. The summed E-state index contributed by atoms with van der Waals surface area (Å²) in [5.74, 6) is 0.651. The molecule has 2 amide bonds. The number of pyridine rings is 1. The summed E-state index contributed by atoms with van der Waals surface area (Å²) >= 11 is 0. The number of furan rings is 1. The van der Waals surface area contributed by atoms with Crippen LogP contribution in [-0.4, -0.2) is 57.9 Å². The highest BCUT2D eigenvalue weighted by Crippen LogP contribution is 2.21. The lowest BCUT2D eigenvalue weighted by Gasteiger charge is -2.34. The minimum Gasteiger partial charge on any atom is -0.461 e. The first kappa shape index (κ1) is 16.1. The first-order chi connectivity index (χ1) is 12.7. The van der Waals surface area contributed by atoms with Gasteiger partial charge in [-0.05, 0) is 24.3 Å². The van der Waals surface area contributed by atoms with Crippen LogP contribution in [-0.2, 0) is 0 Å². The Balaban J connectivity index is 1.39. The van der Waals surface area contributed by atoms with Gasteiger partial charge in [0.25, 0.3) is 11.8 Å². The third-order valence-electron chi connectivity index (χ3n) is 4.27. The zero-order valence-corrected chi connectivity index (χ0v) is 13.9. The van der Waals surface area contributed by atoms with Crippen molar-refractivity contribution in [2.45, 2.75) is 0 Å². The Morgan fingerprint density at radius 3 is 2.27 bits per heavy atom. The smallest absolute Gasteiger partial charge is 0.276 e. The highest BCUT2D eigenvalue weighted by molar-refractivity contribution is 5.95. The fraction of sp³-hybridized carbons (Fsp3) is 0.222. The molecule has 0 N–H and O–H groups in total. The van der Waals surface area contributed by atoms with E-state index in [-0.39, 0.29) is 17.5 Å². The second kappa shape index (κ2) is 6.83. The minimum atomic E-state index is -0.220. The highest BCUT2D eigenvalue weighted by atomic mass is 16.5. The molecule has 0 saturated carbocycles. The Morgan fingerprint density at radius 1 is 0.923 bits per heavy atom. The Kier molecular flexibility index (Phi) is 4.22. The number of piperazine rings is 1. The lowest BCUT2D eigenvalue weighted by molar-refractivity contribution is 0.0530. The van der Waals surface area contributed by atoms with Crippen molar-refractivity contribution >= 4 is 11.8 Å². The fourth-order valence-electron chi connectivity index (χ4n) is 2.86. The van der Waals surface area contributed by atoms with Gasteiger partial charge in [0.15, 0.2) is 11.5 Å². The lowest BCUT2D eigenvalue weighted by Crippen LogP contribution is -2.50. The van der Waals surface area contributed by atoms with Crippen LogP contribution in [0.1, 0.15) is 20.8 Å². The Morgan fingerprint density at radius 2 is 1.62 bits per heavy atom. The largest absolute Gasteiger partial charge is 0.461 e. The molecule has 0 radical (unpaired) electrons. The summed E-state index contributed by atoms with van der Waals surface area (Å²) < 4.78 is 10.4. The molecule has 0 aliphatic carbocycles. The summed E-state index contributed by atoms with van der Waals surface area (Å²) in [6.07, 6.45) is 4.71. The van der Waals surface area contributed by atoms with E-state index in [9.17, 15) is 9.59 Å². The predicted octanol–water partition coefficient (Wildman–Crippen LogP) is 1.93. The van der Waals surface area contributed by atoms with Gasteiger partial charge in [-0.25, -0.2) is 0 Å². The molecule has 26 heavy (non-hydrogen) atoms. The van der Waals surface area contributed by atoms with Crippen LogP contribution in [0.15, 0.2) is 57.9 Å². The van der Waals surface area contributed by atoms with Crippen LogP contribution in [0.3, 0.4) is 0 Å². The molecule has 0 spiro atoms. The second-order valence-electron chi connectivity index (χ2n) is 5.87. The molecule has 8 nitrogen and oxygen atoms in total. The van der Waals surface area contributed by atoms with Gasteiger partial charge in [-0.15, -0.1) is 0 Å². The van der Waals surface area contributed by atoms with Crippen molar-refractivity contribution in [3.05, 3.63) is 60.2 Å². The van der Waals surface area contributed by atoms with Crippen molar-refractivity contribution in [1.82, 2.24) is 19.9 Å². The third kappa shape index (κ3) is 3.08. The van der Waals surface area contributed by atoms with E-state index in [1.807, 2.05) is 0 Å². The Bertz CT molecular complexity index is 896. The number of amides is 2. The molecule has 3 aromatic heterocycles. The van der Waals surface area contributed by atoms with Crippen molar-refractivity contribution in [3.63, 3.8) is 0 Å². The van der Waals surface area contributed by atoms with Crippen LogP contribution in [0.2, 0.25) is 0 Å². The van der Waals surface area contributed by atoms with E-state index in [1.165, 1.54) is 6.26 Å². The maximum atomic E-state index is 12.6. The van der Waals surface area contributed by atoms with Crippen LogP contribution in [0.5, 0.6) is 0 Å². The van der Waals surface area contributed by atoms with Crippen LogP contribution in [0.4, 0.5) is 0 Å². The molecule has 4 heterocycles. The van der Waals surface area contributed by atoms with E-state index in [4.69, 9.17) is 8.94 Å². The van der Waals surface area contributed by atoms with Crippen molar-refractivity contribution in [3.8, 4) is 11.5 Å². The minimum absolute atomic E-state index is 0.0546. The molecule has 0 unspecified atom stereocenters. The first-order valence-corrected chi connectivity index (χ1v) is 8.21. The topological polar surface area (TPSA) is 92.7 Å². The fourth-order valence-corrected chi connectivity index (χ4v) is 2.86. The van der Waals surface area contributed by atoms with Gasteiger partial charge < -0.3 is 18.7 Å². The highest BCUT2D eigenvalue weighted by Gasteiger charge is 2.27. The zero-order valence-electron chi connectivity index (χ0n) is 13.9. The summed E-state index contributed by atoms with van der Waals surface area (Å²) in [6.45, 7) is 1.82. The van der Waals surface area contributed by atoms with Gasteiger partial charge in [-0.2, -0.15) is 0 Å². The van der Waals surface area contributed by atoms with Gasteiger partial charge in [0, 0.05) is 50.2 Å². The van der Waals surface area contributed by atoms with Crippen LogP contribution < -0.4 is 0 Å². The van der Waals surface area contributed by atoms with Crippen molar-refractivity contribution in [2.75, 3.05) is 26.2 Å². The van der Waals surface area contributed by atoms with Gasteiger partial charge in [-0.3, -0.25) is 14.6 Å². The van der Waals surface area contributed by atoms with Crippen LogP contribution in [0, 0.1) is 0 Å². The standard InChI is InChI=1S/C18H16N4O4/c23-17(13-3-5-19-6-4-13)21-7-9-22(10-8-21)18(24)14-12-16(26-20-14)15-2-1-11-25-15/h1-6,11-12H,7-10H2. The summed E-state index contributed by atoms with van der Waals surface area (Å²) in [6, 6.07) is 8.41. The number of aromatic nitrogens is 2. The number of carbonyl (C=O) groups excluding carboxylic acids is 2. The molecule has 3 aromatic rings. The van der Waals surface area contributed by atoms with E-state index in [0.717, 1.165) is 0 Å². The molecular formula is C18H16N4O4. The molecule has 0 atom stereocenters. The van der Waals surface area contributed by atoms with Gasteiger partial charge in [0.05, 0.1) is 6.26 Å². The van der Waals surface area contributed by atoms with Gasteiger partial charge in [0.1, 0.15) is 0 Å². The third-order valence-corrected chi connectivity index (χ3v) is 4.27. The molecule has 4 rings (SSSR count). The number of rotatable bonds is 3. The summed E-state index contributed by atoms with van der Waals surface area (Å²) in [5.41, 5.74) is 0.824. The van der Waals surface area contributed by atoms with Gasteiger partial charge >= 0.3 is 0 Å². The Hall–Kier alpha value is -3.42. The lowest BCUT2D eigenvalue weighted by atomic mass is 10.2. The van der Waals surface area contributed by atoms with E-state index in [0.29, 0.717) is 43.3 Å². The number of nitrogens with zero attached hydrogens (tertiary/aromatic N) is 4. The van der Waals surface area contributed by atoms with E-state index in [2.05, 4.69) is 10.1 Å². The quantitative estimate of drug-likeness (QED) is 0.715.